The summed E-state index contributed by atoms with van der Waals surface area (Å²) in [6.07, 6.45) is 2.85. The van der Waals surface area contributed by atoms with Crippen LogP contribution in [-0.2, 0) is 4.74 Å². The van der Waals surface area contributed by atoms with E-state index in [9.17, 15) is 0 Å². The van der Waals surface area contributed by atoms with E-state index < -0.39 is 0 Å². The summed E-state index contributed by atoms with van der Waals surface area (Å²) in [4.78, 5) is 0. The Balaban J connectivity index is 2.11. The molecular formula is C6H11NO. The molecule has 3 atom stereocenters. The van der Waals surface area contributed by atoms with Crippen molar-refractivity contribution in [2.75, 3.05) is 6.61 Å². The van der Waals surface area contributed by atoms with Crippen LogP contribution in [0.25, 0.3) is 0 Å². The summed E-state index contributed by atoms with van der Waals surface area (Å²) in [5.74, 6) is 0.694. The minimum absolute atomic E-state index is 0.453. The molecule has 1 saturated heterocycles. The number of hydrogen-bond acceptors (Lipinski definition) is 2. The van der Waals surface area contributed by atoms with Gasteiger partial charge in [0.05, 0.1) is 12.7 Å². The third-order valence-corrected chi connectivity index (χ3v) is 2.25. The smallest absolute Gasteiger partial charge is 0.0594 e. The number of hydrogen-bond donors (Lipinski definition) is 1. The molecule has 0 aromatic carbocycles. The van der Waals surface area contributed by atoms with Gasteiger partial charge in [-0.3, -0.25) is 0 Å². The molecule has 0 amide bonds. The van der Waals surface area contributed by atoms with Crippen LogP contribution in [0.4, 0.5) is 0 Å². The lowest BCUT2D eigenvalue weighted by Crippen LogP contribution is -2.30. The normalized spacial score (nSPS) is 52.9. The molecule has 0 unspecified atom stereocenters. The van der Waals surface area contributed by atoms with Crippen LogP contribution >= 0.6 is 0 Å². The highest BCUT2D eigenvalue weighted by Gasteiger charge is 2.38. The first-order chi connectivity index (χ1) is 3.86. The summed E-state index contributed by atoms with van der Waals surface area (Å²) in [5, 5.41) is 0. The maximum absolute atomic E-state index is 5.74. The predicted octanol–water partition coefficient (Wildman–Crippen LogP) is 0.122. The van der Waals surface area contributed by atoms with E-state index in [4.69, 9.17) is 10.5 Å². The fourth-order valence-corrected chi connectivity index (χ4v) is 1.69. The van der Waals surface area contributed by atoms with Gasteiger partial charge < -0.3 is 10.5 Å². The third-order valence-electron chi connectivity index (χ3n) is 2.25. The molecule has 2 fully saturated rings. The van der Waals surface area contributed by atoms with Gasteiger partial charge in [0.2, 0.25) is 0 Å². The maximum Gasteiger partial charge on any atom is 0.0594 e. The summed E-state index contributed by atoms with van der Waals surface area (Å²) < 4.78 is 5.34. The van der Waals surface area contributed by atoms with Crippen molar-refractivity contribution in [3.8, 4) is 0 Å². The molecule has 2 nitrogen and oxygen atoms in total. The summed E-state index contributed by atoms with van der Waals surface area (Å²) in [7, 11) is 0. The van der Waals surface area contributed by atoms with E-state index >= 15 is 0 Å². The summed E-state index contributed by atoms with van der Waals surface area (Å²) in [6, 6.07) is 0.453. The highest BCUT2D eigenvalue weighted by atomic mass is 16.5. The fraction of sp³-hybridized carbons (Fsp3) is 1.00. The average Bonchev–Trinajstić information content (AvgIpc) is 2.23. The number of rotatable bonds is 0. The minimum atomic E-state index is 0.453. The zero-order valence-corrected chi connectivity index (χ0v) is 4.84. The van der Waals surface area contributed by atoms with Gasteiger partial charge >= 0.3 is 0 Å². The van der Waals surface area contributed by atoms with Gasteiger partial charge in [-0.25, -0.2) is 0 Å². The van der Waals surface area contributed by atoms with Gasteiger partial charge in [0, 0.05) is 6.04 Å². The Morgan fingerprint density at radius 1 is 1.38 bits per heavy atom. The topological polar surface area (TPSA) is 35.2 Å². The van der Waals surface area contributed by atoms with Gasteiger partial charge in [-0.15, -0.1) is 0 Å². The molecule has 2 N–H and O–H groups in total. The molecule has 2 aliphatic rings. The molecule has 1 aliphatic carbocycles. The average molecular weight is 113 g/mol. The van der Waals surface area contributed by atoms with Crippen molar-refractivity contribution in [2.24, 2.45) is 11.7 Å². The first-order valence-corrected chi connectivity index (χ1v) is 3.23. The summed E-state index contributed by atoms with van der Waals surface area (Å²) in [6.45, 7) is 0.922. The Hall–Kier alpha value is -0.0800. The molecule has 2 bridgehead atoms. The zero-order chi connectivity index (χ0) is 5.56. The molecule has 0 aromatic rings. The second-order valence-corrected chi connectivity index (χ2v) is 2.85. The second kappa shape index (κ2) is 1.45. The quantitative estimate of drug-likeness (QED) is 0.484. The van der Waals surface area contributed by atoms with E-state index in [1.807, 2.05) is 0 Å². The van der Waals surface area contributed by atoms with E-state index in [0.29, 0.717) is 18.1 Å². The number of fused-ring (bicyclic) bond motifs is 2. The van der Waals surface area contributed by atoms with E-state index in [1.54, 1.807) is 0 Å². The van der Waals surface area contributed by atoms with Crippen LogP contribution in [0.2, 0.25) is 0 Å². The molecule has 1 saturated carbocycles. The Morgan fingerprint density at radius 3 is 2.50 bits per heavy atom. The van der Waals surface area contributed by atoms with E-state index in [2.05, 4.69) is 0 Å². The van der Waals surface area contributed by atoms with Gasteiger partial charge in [-0.2, -0.15) is 0 Å². The maximum atomic E-state index is 5.74. The Bertz CT molecular complexity index is 103. The lowest BCUT2D eigenvalue weighted by Gasteiger charge is -2.16. The van der Waals surface area contributed by atoms with Crippen LogP contribution in [0.3, 0.4) is 0 Å². The lowest BCUT2D eigenvalue weighted by atomic mass is 10.1. The molecule has 2 heteroatoms. The largest absolute Gasteiger partial charge is 0.378 e. The van der Waals surface area contributed by atoms with Gasteiger partial charge in [0.15, 0.2) is 0 Å². The molecule has 0 radical (unpaired) electrons. The Morgan fingerprint density at radius 2 is 2.25 bits per heavy atom. The molecule has 8 heavy (non-hydrogen) atoms. The van der Waals surface area contributed by atoms with Crippen LogP contribution in [0, 0.1) is 5.92 Å². The summed E-state index contributed by atoms with van der Waals surface area (Å²) >= 11 is 0. The molecule has 2 rings (SSSR count). The molecule has 1 heterocycles. The molecule has 46 valence electrons. The molecule has 0 aromatic heterocycles. The first-order valence-electron chi connectivity index (χ1n) is 3.23. The lowest BCUT2D eigenvalue weighted by molar-refractivity contribution is 0.0694. The van der Waals surface area contributed by atoms with Crippen LogP contribution < -0.4 is 5.73 Å². The predicted molar refractivity (Wildman–Crippen MR) is 30.4 cm³/mol. The number of nitrogens with two attached hydrogens (primary N) is 1. The van der Waals surface area contributed by atoms with Crippen LogP contribution in [0.1, 0.15) is 12.8 Å². The molecule has 0 spiro atoms. The Kier molecular flexibility index (Phi) is 0.866. The highest BCUT2D eigenvalue weighted by molar-refractivity contribution is 4.91. The van der Waals surface area contributed by atoms with E-state index in [-0.39, 0.29) is 0 Å². The fourth-order valence-electron chi connectivity index (χ4n) is 1.69. The molecular weight excluding hydrogens is 102 g/mol. The summed E-state index contributed by atoms with van der Waals surface area (Å²) in [5.41, 5.74) is 5.74. The zero-order valence-electron chi connectivity index (χ0n) is 4.84. The van der Waals surface area contributed by atoms with Crippen molar-refractivity contribution in [3.05, 3.63) is 0 Å². The van der Waals surface area contributed by atoms with Crippen molar-refractivity contribution < 1.29 is 4.74 Å². The van der Waals surface area contributed by atoms with Crippen molar-refractivity contribution >= 4 is 0 Å². The highest BCUT2D eigenvalue weighted by Crippen LogP contribution is 2.33. The minimum Gasteiger partial charge on any atom is -0.378 e. The van der Waals surface area contributed by atoms with Gasteiger partial charge in [-0.1, -0.05) is 0 Å². The molecule has 1 aliphatic heterocycles. The van der Waals surface area contributed by atoms with Crippen molar-refractivity contribution in [1.82, 2.24) is 0 Å². The van der Waals surface area contributed by atoms with Gasteiger partial charge in [0.25, 0.3) is 0 Å². The first kappa shape index (κ1) is 4.77. The SMILES string of the molecule is N[C@@H]1C[C@@H]2C[C@H]1CO2. The van der Waals surface area contributed by atoms with Crippen LogP contribution in [-0.4, -0.2) is 18.8 Å². The monoisotopic (exact) mass is 113 g/mol. The second-order valence-electron chi connectivity index (χ2n) is 2.85. The number of ether oxygens (including phenoxy) is 1. The van der Waals surface area contributed by atoms with Crippen LogP contribution in [0.15, 0.2) is 0 Å². The van der Waals surface area contributed by atoms with Crippen LogP contribution in [0.5, 0.6) is 0 Å². The van der Waals surface area contributed by atoms with Crippen molar-refractivity contribution in [3.63, 3.8) is 0 Å². The van der Waals surface area contributed by atoms with Crippen molar-refractivity contribution in [2.45, 2.75) is 25.0 Å². The van der Waals surface area contributed by atoms with Gasteiger partial charge in [0.1, 0.15) is 0 Å². The standard InChI is InChI=1S/C6H11NO/c7-6-2-5-1-4(6)3-8-5/h4-6H,1-3,7H2/t4-,5-,6+/m0/s1. The Labute approximate surface area is 49.0 Å². The van der Waals surface area contributed by atoms with E-state index in [1.165, 1.54) is 6.42 Å². The van der Waals surface area contributed by atoms with Crippen molar-refractivity contribution in [1.29, 1.82) is 0 Å². The third kappa shape index (κ3) is 0.501. The van der Waals surface area contributed by atoms with Gasteiger partial charge in [-0.05, 0) is 18.8 Å². The van der Waals surface area contributed by atoms with E-state index in [0.717, 1.165) is 13.0 Å².